The minimum Gasteiger partial charge on any atom is -0.493 e. The summed E-state index contributed by atoms with van der Waals surface area (Å²) in [5, 5.41) is 16.0. The van der Waals surface area contributed by atoms with E-state index in [9.17, 15) is 4.79 Å². The van der Waals surface area contributed by atoms with Crippen LogP contribution in [0.4, 0.5) is 5.69 Å². The largest absolute Gasteiger partial charge is 0.493 e. The second-order valence-electron chi connectivity index (χ2n) is 4.97. The fourth-order valence-electron chi connectivity index (χ4n) is 2.23. The highest BCUT2D eigenvalue weighted by molar-refractivity contribution is 6.04. The predicted molar refractivity (Wildman–Crippen MR) is 89.2 cm³/mol. The zero-order valence-electron chi connectivity index (χ0n) is 12.9. The van der Waals surface area contributed by atoms with Crippen LogP contribution in [0, 0.1) is 11.3 Å². The number of nitrogens with zero attached hydrogens (tertiary/aromatic N) is 3. The molecule has 0 saturated carbocycles. The Morgan fingerprint density at radius 3 is 2.71 bits per heavy atom. The highest BCUT2D eigenvalue weighted by Gasteiger charge is 2.18. The van der Waals surface area contributed by atoms with E-state index in [4.69, 9.17) is 10.00 Å². The zero-order valence-corrected chi connectivity index (χ0v) is 12.9. The molecule has 24 heavy (non-hydrogen) atoms. The number of hydrogen-bond acceptors (Lipinski definition) is 4. The SMILES string of the molecule is COc1cn(-c2ccccc2)nc1C(=O)Nc1cccc(C#N)c1. The third-order valence-corrected chi connectivity index (χ3v) is 3.39. The molecule has 0 atom stereocenters. The molecular formula is C18H14N4O2. The molecule has 1 aromatic heterocycles. The molecule has 0 saturated heterocycles. The Morgan fingerprint density at radius 1 is 1.21 bits per heavy atom. The third-order valence-electron chi connectivity index (χ3n) is 3.39. The van der Waals surface area contributed by atoms with Gasteiger partial charge in [0.15, 0.2) is 11.4 Å². The van der Waals surface area contributed by atoms with Crippen LogP contribution in [0.5, 0.6) is 5.75 Å². The Labute approximate surface area is 138 Å². The van der Waals surface area contributed by atoms with Gasteiger partial charge in [-0.2, -0.15) is 10.4 Å². The maximum Gasteiger partial charge on any atom is 0.280 e. The summed E-state index contributed by atoms with van der Waals surface area (Å²) >= 11 is 0. The van der Waals surface area contributed by atoms with Crippen molar-refractivity contribution in [3.63, 3.8) is 0 Å². The van der Waals surface area contributed by atoms with Crippen LogP contribution < -0.4 is 10.1 Å². The minimum atomic E-state index is -0.406. The monoisotopic (exact) mass is 318 g/mol. The standard InChI is InChI=1S/C18H14N4O2/c1-24-16-12-22(15-8-3-2-4-9-15)21-17(16)18(23)20-14-7-5-6-13(10-14)11-19/h2-10,12H,1H3,(H,20,23). The van der Waals surface area contributed by atoms with Crippen molar-refractivity contribution in [1.82, 2.24) is 9.78 Å². The summed E-state index contributed by atoms with van der Waals surface area (Å²) in [6, 6.07) is 18.1. The van der Waals surface area contributed by atoms with Crippen LogP contribution in [0.2, 0.25) is 0 Å². The lowest BCUT2D eigenvalue weighted by Gasteiger charge is -2.04. The summed E-state index contributed by atoms with van der Waals surface area (Å²) in [4.78, 5) is 12.5. The van der Waals surface area contributed by atoms with Gasteiger partial charge < -0.3 is 10.1 Å². The summed E-state index contributed by atoms with van der Waals surface area (Å²) in [5.74, 6) is -0.0376. The maximum atomic E-state index is 12.5. The molecule has 0 aliphatic heterocycles. The van der Waals surface area contributed by atoms with Crippen molar-refractivity contribution in [2.45, 2.75) is 0 Å². The van der Waals surface area contributed by atoms with Crippen LogP contribution in [-0.4, -0.2) is 22.8 Å². The van der Waals surface area contributed by atoms with E-state index >= 15 is 0 Å². The number of para-hydroxylation sites is 1. The summed E-state index contributed by atoms with van der Waals surface area (Å²) in [7, 11) is 1.49. The molecule has 1 N–H and O–H groups in total. The molecule has 0 aliphatic rings. The Bertz CT molecular complexity index is 910. The molecule has 6 heteroatoms. The number of anilines is 1. The molecular weight excluding hydrogens is 304 g/mol. The minimum absolute atomic E-state index is 0.170. The molecule has 1 heterocycles. The Kier molecular flexibility index (Phi) is 4.25. The van der Waals surface area contributed by atoms with Gasteiger partial charge in [-0.05, 0) is 30.3 Å². The highest BCUT2D eigenvalue weighted by atomic mass is 16.5. The molecule has 3 rings (SSSR count). The molecule has 6 nitrogen and oxygen atoms in total. The lowest BCUT2D eigenvalue weighted by molar-refractivity contribution is 0.101. The maximum absolute atomic E-state index is 12.5. The summed E-state index contributed by atoms with van der Waals surface area (Å²) < 4.78 is 6.84. The van der Waals surface area contributed by atoms with Crippen molar-refractivity contribution in [2.24, 2.45) is 0 Å². The summed E-state index contributed by atoms with van der Waals surface area (Å²) in [6.07, 6.45) is 1.65. The fourth-order valence-corrected chi connectivity index (χ4v) is 2.23. The van der Waals surface area contributed by atoms with E-state index in [-0.39, 0.29) is 5.69 Å². The van der Waals surface area contributed by atoms with Crippen LogP contribution in [0.1, 0.15) is 16.1 Å². The summed E-state index contributed by atoms with van der Waals surface area (Å²) in [6.45, 7) is 0. The van der Waals surface area contributed by atoms with Gasteiger partial charge in [-0.3, -0.25) is 4.79 Å². The quantitative estimate of drug-likeness (QED) is 0.802. The van der Waals surface area contributed by atoms with E-state index in [0.717, 1.165) is 5.69 Å². The molecule has 0 aliphatic carbocycles. The number of benzene rings is 2. The van der Waals surface area contributed by atoms with Crippen LogP contribution >= 0.6 is 0 Å². The molecule has 0 fully saturated rings. The number of aromatic nitrogens is 2. The van der Waals surface area contributed by atoms with Crippen LogP contribution in [-0.2, 0) is 0 Å². The van der Waals surface area contributed by atoms with Gasteiger partial charge in [0.05, 0.1) is 30.6 Å². The van der Waals surface area contributed by atoms with Gasteiger partial charge in [0.2, 0.25) is 0 Å². The molecule has 118 valence electrons. The van der Waals surface area contributed by atoms with Crippen LogP contribution in [0.3, 0.4) is 0 Å². The van der Waals surface area contributed by atoms with E-state index in [0.29, 0.717) is 17.0 Å². The van der Waals surface area contributed by atoms with E-state index in [1.165, 1.54) is 7.11 Å². The normalized spacial score (nSPS) is 10.0. The van der Waals surface area contributed by atoms with Gasteiger partial charge in [-0.15, -0.1) is 0 Å². The smallest absolute Gasteiger partial charge is 0.280 e. The number of amides is 1. The number of nitrogens with one attached hydrogen (secondary N) is 1. The molecule has 0 bridgehead atoms. The van der Waals surface area contributed by atoms with E-state index < -0.39 is 5.91 Å². The Morgan fingerprint density at radius 2 is 2.00 bits per heavy atom. The molecule has 0 radical (unpaired) electrons. The second kappa shape index (κ2) is 6.67. The van der Waals surface area contributed by atoms with Crippen LogP contribution in [0.25, 0.3) is 5.69 Å². The number of ether oxygens (including phenoxy) is 1. The third kappa shape index (κ3) is 3.10. The zero-order chi connectivity index (χ0) is 16.9. The first-order chi connectivity index (χ1) is 11.7. The molecule has 0 spiro atoms. The van der Waals surface area contributed by atoms with Crippen molar-refractivity contribution >= 4 is 11.6 Å². The Hall–Kier alpha value is -3.59. The molecule has 1 amide bonds. The lowest BCUT2D eigenvalue weighted by atomic mass is 10.2. The van der Waals surface area contributed by atoms with Crippen molar-refractivity contribution in [1.29, 1.82) is 5.26 Å². The Balaban J connectivity index is 1.89. The van der Waals surface area contributed by atoms with Gasteiger partial charge in [-0.25, -0.2) is 4.68 Å². The first-order valence-electron chi connectivity index (χ1n) is 7.22. The number of nitriles is 1. The number of rotatable bonds is 4. The van der Waals surface area contributed by atoms with E-state index in [1.54, 1.807) is 35.1 Å². The van der Waals surface area contributed by atoms with Crippen molar-refractivity contribution in [3.8, 4) is 17.5 Å². The van der Waals surface area contributed by atoms with E-state index in [2.05, 4.69) is 10.4 Å². The number of carbonyl (C=O) groups excluding carboxylic acids is 1. The number of carbonyl (C=O) groups is 1. The van der Waals surface area contributed by atoms with Gasteiger partial charge >= 0.3 is 0 Å². The van der Waals surface area contributed by atoms with Crippen molar-refractivity contribution in [2.75, 3.05) is 12.4 Å². The van der Waals surface area contributed by atoms with Crippen molar-refractivity contribution < 1.29 is 9.53 Å². The fraction of sp³-hybridized carbons (Fsp3) is 0.0556. The van der Waals surface area contributed by atoms with Gasteiger partial charge in [0.25, 0.3) is 5.91 Å². The topological polar surface area (TPSA) is 79.9 Å². The predicted octanol–water partition coefficient (Wildman–Crippen LogP) is 3.00. The molecule has 0 unspecified atom stereocenters. The number of hydrogen-bond donors (Lipinski definition) is 1. The van der Waals surface area contributed by atoms with Crippen molar-refractivity contribution in [3.05, 3.63) is 72.1 Å². The average Bonchev–Trinajstić information content (AvgIpc) is 3.07. The van der Waals surface area contributed by atoms with Gasteiger partial charge in [-0.1, -0.05) is 24.3 Å². The first-order valence-corrected chi connectivity index (χ1v) is 7.22. The second-order valence-corrected chi connectivity index (χ2v) is 4.97. The first kappa shape index (κ1) is 15.3. The number of methoxy groups -OCH3 is 1. The highest BCUT2D eigenvalue weighted by Crippen LogP contribution is 2.21. The lowest BCUT2D eigenvalue weighted by Crippen LogP contribution is -2.14. The van der Waals surface area contributed by atoms with E-state index in [1.807, 2.05) is 36.4 Å². The van der Waals surface area contributed by atoms with Gasteiger partial charge in [0, 0.05) is 5.69 Å². The summed E-state index contributed by atoms with van der Waals surface area (Å²) in [5.41, 5.74) is 1.98. The van der Waals surface area contributed by atoms with Gasteiger partial charge in [0.1, 0.15) is 0 Å². The van der Waals surface area contributed by atoms with Crippen LogP contribution in [0.15, 0.2) is 60.8 Å². The molecule has 2 aromatic carbocycles. The average molecular weight is 318 g/mol. The molecule has 3 aromatic rings.